The van der Waals surface area contributed by atoms with Gasteiger partial charge in [0, 0.05) is 12.2 Å². The summed E-state index contributed by atoms with van der Waals surface area (Å²) >= 11 is 0. The molecular weight excluding hydrogens is 242 g/mol. The number of ether oxygens (including phenoxy) is 3. The summed E-state index contributed by atoms with van der Waals surface area (Å²) in [5.41, 5.74) is 6.45. The van der Waals surface area contributed by atoms with Gasteiger partial charge in [0.1, 0.15) is 6.10 Å². The van der Waals surface area contributed by atoms with Gasteiger partial charge in [-0.25, -0.2) is 0 Å². The maximum absolute atomic E-state index is 5.63. The molecule has 1 aromatic carbocycles. The van der Waals surface area contributed by atoms with E-state index in [-0.39, 0.29) is 12.4 Å². The second kappa shape index (κ2) is 9.92. The first-order chi connectivity index (χ1) is 9.40. The van der Waals surface area contributed by atoms with Crippen molar-refractivity contribution in [3.05, 3.63) is 35.9 Å². The average Bonchev–Trinajstić information content (AvgIpc) is 2.51. The van der Waals surface area contributed by atoms with Crippen LogP contribution in [0.3, 0.4) is 0 Å². The Morgan fingerprint density at radius 1 is 1.16 bits per heavy atom. The van der Waals surface area contributed by atoms with Gasteiger partial charge in [0.2, 0.25) is 0 Å². The Morgan fingerprint density at radius 2 is 1.79 bits per heavy atom. The molecule has 0 aliphatic carbocycles. The van der Waals surface area contributed by atoms with Crippen LogP contribution in [0.2, 0.25) is 0 Å². The topological polar surface area (TPSA) is 53.7 Å². The third-order valence-corrected chi connectivity index (χ3v) is 2.64. The molecule has 0 saturated carbocycles. The first-order valence-electron chi connectivity index (χ1n) is 7.00. The summed E-state index contributed by atoms with van der Waals surface area (Å²) < 4.78 is 16.8. The van der Waals surface area contributed by atoms with E-state index in [0.717, 1.165) is 12.0 Å². The maximum atomic E-state index is 5.63. The second-order valence-electron chi connectivity index (χ2n) is 4.04. The molecule has 0 bridgehead atoms. The van der Waals surface area contributed by atoms with Crippen LogP contribution in [0.15, 0.2) is 30.3 Å². The van der Waals surface area contributed by atoms with Gasteiger partial charge in [-0.15, -0.1) is 0 Å². The summed E-state index contributed by atoms with van der Waals surface area (Å²) in [5.74, 6) is 0. The highest BCUT2D eigenvalue weighted by Crippen LogP contribution is 2.23. The smallest absolute Gasteiger partial charge is 0.184 e. The molecule has 0 radical (unpaired) electrons. The van der Waals surface area contributed by atoms with Crippen molar-refractivity contribution in [3.63, 3.8) is 0 Å². The number of hydrogen-bond acceptors (Lipinski definition) is 4. The Bertz CT molecular complexity index is 310. The van der Waals surface area contributed by atoms with Crippen molar-refractivity contribution in [2.24, 2.45) is 5.73 Å². The van der Waals surface area contributed by atoms with Crippen molar-refractivity contribution in [2.45, 2.75) is 32.7 Å². The first-order valence-corrected chi connectivity index (χ1v) is 7.00. The van der Waals surface area contributed by atoms with E-state index in [1.54, 1.807) is 0 Å². The molecule has 1 heterocycles. The van der Waals surface area contributed by atoms with Crippen LogP contribution >= 0.6 is 0 Å². The minimum atomic E-state index is -0.259. The van der Waals surface area contributed by atoms with E-state index in [1.807, 2.05) is 44.2 Å². The van der Waals surface area contributed by atoms with Crippen LogP contribution in [0, 0.1) is 0 Å². The zero-order valence-electron chi connectivity index (χ0n) is 11.9. The highest BCUT2D eigenvalue weighted by atomic mass is 16.7. The lowest BCUT2D eigenvalue weighted by Crippen LogP contribution is -2.34. The van der Waals surface area contributed by atoms with Crippen molar-refractivity contribution in [3.8, 4) is 0 Å². The lowest BCUT2D eigenvalue weighted by molar-refractivity contribution is -0.230. The summed E-state index contributed by atoms with van der Waals surface area (Å²) in [6, 6.07) is 9.93. The first kappa shape index (κ1) is 16.1. The van der Waals surface area contributed by atoms with Gasteiger partial charge in [0.25, 0.3) is 0 Å². The summed E-state index contributed by atoms with van der Waals surface area (Å²) in [7, 11) is 0. The number of hydrogen-bond donors (Lipinski definition) is 1. The molecule has 19 heavy (non-hydrogen) atoms. The fraction of sp³-hybridized carbons (Fsp3) is 0.600. The van der Waals surface area contributed by atoms with Gasteiger partial charge in [-0.05, 0) is 13.0 Å². The third kappa shape index (κ3) is 5.70. The highest BCUT2D eigenvalue weighted by molar-refractivity contribution is 5.16. The molecule has 0 amide bonds. The molecule has 1 aromatic rings. The predicted octanol–water partition coefficient (Wildman–Crippen LogP) is 2.49. The quantitative estimate of drug-likeness (QED) is 0.833. The zero-order chi connectivity index (χ0) is 13.9. The molecule has 0 aromatic heterocycles. The normalized spacial score (nSPS) is 22.5. The van der Waals surface area contributed by atoms with Gasteiger partial charge in [0.15, 0.2) is 6.29 Å². The summed E-state index contributed by atoms with van der Waals surface area (Å²) in [6.45, 7) is 6.47. The largest absolute Gasteiger partial charge is 0.373 e. The van der Waals surface area contributed by atoms with E-state index < -0.39 is 0 Å². The van der Waals surface area contributed by atoms with Crippen LogP contribution in [0.25, 0.3) is 0 Å². The molecule has 4 nitrogen and oxygen atoms in total. The average molecular weight is 267 g/mol. The van der Waals surface area contributed by atoms with Crippen molar-refractivity contribution in [2.75, 3.05) is 26.4 Å². The SMILES string of the molecule is CC.NCCCOC1COC(c2ccccc2)OC1. The van der Waals surface area contributed by atoms with Crippen LogP contribution in [0.4, 0.5) is 0 Å². The zero-order valence-corrected chi connectivity index (χ0v) is 11.9. The van der Waals surface area contributed by atoms with Crippen molar-refractivity contribution in [1.29, 1.82) is 0 Å². The van der Waals surface area contributed by atoms with Crippen molar-refractivity contribution >= 4 is 0 Å². The Labute approximate surface area is 115 Å². The monoisotopic (exact) mass is 267 g/mol. The molecular formula is C15H25NO3. The van der Waals surface area contributed by atoms with Crippen LogP contribution in [0.1, 0.15) is 32.1 Å². The summed E-state index contributed by atoms with van der Waals surface area (Å²) in [5, 5.41) is 0. The molecule has 1 aliphatic rings. The van der Waals surface area contributed by atoms with Crippen LogP contribution in [-0.2, 0) is 14.2 Å². The fourth-order valence-electron chi connectivity index (χ4n) is 1.72. The standard InChI is InChI=1S/C13H19NO3.C2H6/c14-7-4-8-15-12-9-16-13(17-10-12)11-5-2-1-3-6-11;1-2/h1-3,5-6,12-13H,4,7-10,14H2;1-2H3. The lowest BCUT2D eigenvalue weighted by Gasteiger charge is -2.29. The van der Waals surface area contributed by atoms with Gasteiger partial charge in [-0.3, -0.25) is 0 Å². The van der Waals surface area contributed by atoms with Gasteiger partial charge in [-0.1, -0.05) is 44.2 Å². The Kier molecular flexibility index (Phi) is 8.41. The van der Waals surface area contributed by atoms with E-state index in [4.69, 9.17) is 19.9 Å². The minimum absolute atomic E-state index is 0.0292. The van der Waals surface area contributed by atoms with Crippen LogP contribution in [0.5, 0.6) is 0 Å². The van der Waals surface area contributed by atoms with E-state index in [1.165, 1.54) is 0 Å². The number of benzene rings is 1. The van der Waals surface area contributed by atoms with Crippen molar-refractivity contribution in [1.82, 2.24) is 0 Å². The van der Waals surface area contributed by atoms with Gasteiger partial charge in [0.05, 0.1) is 13.2 Å². The fourth-order valence-corrected chi connectivity index (χ4v) is 1.72. The highest BCUT2D eigenvalue weighted by Gasteiger charge is 2.23. The number of rotatable bonds is 5. The van der Waals surface area contributed by atoms with Crippen LogP contribution < -0.4 is 5.73 Å². The molecule has 1 saturated heterocycles. The molecule has 1 fully saturated rings. The van der Waals surface area contributed by atoms with E-state index in [9.17, 15) is 0 Å². The van der Waals surface area contributed by atoms with Crippen LogP contribution in [-0.4, -0.2) is 32.5 Å². The maximum Gasteiger partial charge on any atom is 0.184 e. The Balaban J connectivity index is 0.000000861. The van der Waals surface area contributed by atoms with Crippen molar-refractivity contribution < 1.29 is 14.2 Å². The van der Waals surface area contributed by atoms with E-state index >= 15 is 0 Å². The van der Waals surface area contributed by atoms with E-state index in [0.29, 0.717) is 26.4 Å². The predicted molar refractivity (Wildman–Crippen MR) is 75.8 cm³/mol. The third-order valence-electron chi connectivity index (χ3n) is 2.64. The summed E-state index contributed by atoms with van der Waals surface area (Å²) in [4.78, 5) is 0. The Hall–Kier alpha value is -0.940. The Morgan fingerprint density at radius 3 is 2.37 bits per heavy atom. The molecule has 108 valence electrons. The molecule has 0 atom stereocenters. The van der Waals surface area contributed by atoms with Gasteiger partial charge in [-0.2, -0.15) is 0 Å². The number of nitrogens with two attached hydrogens (primary N) is 1. The lowest BCUT2D eigenvalue weighted by atomic mass is 10.2. The summed E-state index contributed by atoms with van der Waals surface area (Å²) in [6.07, 6.45) is 0.644. The molecule has 1 aliphatic heterocycles. The second-order valence-corrected chi connectivity index (χ2v) is 4.04. The van der Waals surface area contributed by atoms with E-state index in [2.05, 4.69) is 0 Å². The van der Waals surface area contributed by atoms with Gasteiger partial charge >= 0.3 is 0 Å². The molecule has 0 spiro atoms. The molecule has 4 heteroatoms. The minimum Gasteiger partial charge on any atom is -0.373 e. The molecule has 2 N–H and O–H groups in total. The molecule has 2 rings (SSSR count). The molecule has 0 unspecified atom stereocenters. The van der Waals surface area contributed by atoms with Gasteiger partial charge < -0.3 is 19.9 Å².